The first-order chi connectivity index (χ1) is 7.90. The Morgan fingerprint density at radius 2 is 2.24 bits per heavy atom. The maximum absolute atomic E-state index is 13.5. The topological polar surface area (TPSA) is 58.6 Å². The van der Waals surface area contributed by atoms with Gasteiger partial charge in [-0.3, -0.25) is 0 Å². The summed E-state index contributed by atoms with van der Waals surface area (Å²) in [6, 6.07) is 2.47. The summed E-state index contributed by atoms with van der Waals surface area (Å²) in [6.45, 7) is -0.956. The predicted octanol–water partition coefficient (Wildman–Crippen LogP) is 2.57. The molecule has 1 aromatic rings. The number of rotatable bonds is 1. The summed E-state index contributed by atoms with van der Waals surface area (Å²) in [5.41, 5.74) is 0.191. The van der Waals surface area contributed by atoms with Crippen LogP contribution in [0.2, 0.25) is 0 Å². The normalized spacial score (nSPS) is 22.8. The van der Waals surface area contributed by atoms with Gasteiger partial charge >= 0.3 is 12.0 Å². The van der Waals surface area contributed by atoms with E-state index in [1.165, 1.54) is 18.2 Å². The van der Waals surface area contributed by atoms with Crippen LogP contribution in [-0.2, 0) is 4.74 Å². The lowest BCUT2D eigenvalue weighted by atomic mass is 10.00. The van der Waals surface area contributed by atoms with E-state index in [-0.39, 0.29) is 15.8 Å². The third kappa shape index (κ3) is 2.33. The molecule has 0 spiro atoms. The van der Waals surface area contributed by atoms with E-state index >= 15 is 0 Å². The molecule has 92 valence electrons. The Morgan fingerprint density at radius 3 is 2.88 bits per heavy atom. The highest BCUT2D eigenvalue weighted by molar-refractivity contribution is 9.10. The number of benzene rings is 1. The van der Waals surface area contributed by atoms with Crippen molar-refractivity contribution in [2.75, 3.05) is 6.61 Å². The summed E-state index contributed by atoms with van der Waals surface area (Å²) in [7, 11) is 0. The number of cyclic esters (lactones) is 1. The molecule has 1 aliphatic heterocycles. The second-order valence-electron chi connectivity index (χ2n) is 3.63. The number of alkyl carbamates (subject to hydrolysis) is 1. The van der Waals surface area contributed by atoms with Gasteiger partial charge in [-0.2, -0.15) is 0 Å². The largest absolute Gasteiger partial charge is 0.507 e. The van der Waals surface area contributed by atoms with E-state index in [2.05, 4.69) is 26.0 Å². The number of alkyl halides is 2. The summed E-state index contributed by atoms with van der Waals surface area (Å²) < 4.78 is 31.6. The van der Waals surface area contributed by atoms with Crippen LogP contribution >= 0.6 is 15.9 Å². The Balaban J connectivity index is 2.36. The first-order valence-corrected chi connectivity index (χ1v) is 5.49. The van der Waals surface area contributed by atoms with Gasteiger partial charge in [0.15, 0.2) is 6.61 Å². The van der Waals surface area contributed by atoms with Gasteiger partial charge in [-0.05, 0) is 33.6 Å². The minimum absolute atomic E-state index is 0.0598. The van der Waals surface area contributed by atoms with Crippen LogP contribution in [0.15, 0.2) is 22.7 Å². The zero-order chi connectivity index (χ0) is 12.6. The Hall–Kier alpha value is -1.37. The van der Waals surface area contributed by atoms with Crippen molar-refractivity contribution in [3.8, 4) is 5.75 Å². The third-order valence-corrected chi connectivity index (χ3v) is 3.02. The van der Waals surface area contributed by atoms with Crippen LogP contribution in [0.25, 0.3) is 0 Å². The molecule has 1 heterocycles. The number of aromatic hydroxyl groups is 1. The Labute approximate surface area is 104 Å². The predicted molar refractivity (Wildman–Crippen MR) is 58.0 cm³/mol. The van der Waals surface area contributed by atoms with Crippen molar-refractivity contribution in [3.05, 3.63) is 28.2 Å². The lowest BCUT2D eigenvalue weighted by molar-refractivity contribution is -0.104. The molecule has 7 heteroatoms. The quantitative estimate of drug-likeness (QED) is 0.838. The fourth-order valence-electron chi connectivity index (χ4n) is 1.54. The smallest absolute Gasteiger partial charge is 0.408 e. The average molecular weight is 308 g/mol. The van der Waals surface area contributed by atoms with Gasteiger partial charge < -0.3 is 15.2 Å². The standard InChI is InChI=1S/C10H8BrF2NO3/c11-6-3-5(1-2-7(6)15)8-10(12,13)4-17-9(16)14-8/h1-3,8,15H,4H2,(H,14,16)/t8-/m0/s1. The maximum atomic E-state index is 13.5. The number of amides is 1. The van der Waals surface area contributed by atoms with E-state index in [4.69, 9.17) is 0 Å². The van der Waals surface area contributed by atoms with Crippen LogP contribution in [0, 0.1) is 0 Å². The van der Waals surface area contributed by atoms with E-state index in [0.29, 0.717) is 0 Å². The van der Waals surface area contributed by atoms with Gasteiger partial charge in [-0.1, -0.05) is 6.07 Å². The highest BCUT2D eigenvalue weighted by atomic mass is 79.9. The summed E-state index contributed by atoms with van der Waals surface area (Å²) in [4.78, 5) is 11.0. The van der Waals surface area contributed by atoms with Crippen molar-refractivity contribution >= 4 is 22.0 Å². The molecule has 0 saturated carbocycles. The van der Waals surface area contributed by atoms with Crippen LogP contribution in [-0.4, -0.2) is 23.7 Å². The molecule has 0 unspecified atom stereocenters. The number of hydrogen-bond acceptors (Lipinski definition) is 3. The Kier molecular flexibility index (Phi) is 2.94. The van der Waals surface area contributed by atoms with Crippen molar-refractivity contribution < 1.29 is 23.4 Å². The molecule has 0 bridgehead atoms. The number of carbonyl (C=O) groups excluding carboxylic acids is 1. The third-order valence-electron chi connectivity index (χ3n) is 2.39. The first-order valence-electron chi connectivity index (χ1n) is 4.70. The molecule has 1 aromatic carbocycles. The molecule has 2 N–H and O–H groups in total. The molecule has 0 aromatic heterocycles. The zero-order valence-electron chi connectivity index (χ0n) is 8.41. The monoisotopic (exact) mass is 307 g/mol. The van der Waals surface area contributed by atoms with Gasteiger partial charge in [0.2, 0.25) is 0 Å². The zero-order valence-corrected chi connectivity index (χ0v) is 10.0. The van der Waals surface area contributed by atoms with Gasteiger partial charge in [-0.15, -0.1) is 0 Å². The van der Waals surface area contributed by atoms with Crippen molar-refractivity contribution in [1.29, 1.82) is 0 Å². The van der Waals surface area contributed by atoms with Gasteiger partial charge in [0.1, 0.15) is 11.8 Å². The van der Waals surface area contributed by atoms with Gasteiger partial charge in [0.05, 0.1) is 4.47 Å². The van der Waals surface area contributed by atoms with Crippen molar-refractivity contribution in [2.45, 2.75) is 12.0 Å². The second-order valence-corrected chi connectivity index (χ2v) is 4.48. The van der Waals surface area contributed by atoms with Crippen LogP contribution in [0.1, 0.15) is 11.6 Å². The molecule has 0 aliphatic carbocycles. The molecular weight excluding hydrogens is 300 g/mol. The van der Waals surface area contributed by atoms with E-state index < -0.39 is 24.7 Å². The fourth-order valence-corrected chi connectivity index (χ4v) is 1.94. The Bertz CT molecular complexity index is 467. The molecule has 0 radical (unpaired) electrons. The SMILES string of the molecule is O=C1N[C@@H](c2ccc(O)c(Br)c2)C(F)(F)CO1. The second kappa shape index (κ2) is 4.14. The minimum atomic E-state index is -3.19. The summed E-state index contributed by atoms with van der Waals surface area (Å²) in [6.07, 6.45) is -0.884. The van der Waals surface area contributed by atoms with Gasteiger partial charge in [0, 0.05) is 0 Å². The van der Waals surface area contributed by atoms with E-state index in [1.807, 2.05) is 0 Å². The Morgan fingerprint density at radius 1 is 1.53 bits per heavy atom. The van der Waals surface area contributed by atoms with Gasteiger partial charge in [-0.25, -0.2) is 13.6 Å². The lowest BCUT2D eigenvalue weighted by Crippen LogP contribution is -2.49. The highest BCUT2D eigenvalue weighted by Crippen LogP contribution is 2.36. The highest BCUT2D eigenvalue weighted by Gasteiger charge is 2.46. The van der Waals surface area contributed by atoms with Crippen LogP contribution in [0.4, 0.5) is 13.6 Å². The van der Waals surface area contributed by atoms with E-state index in [9.17, 15) is 18.7 Å². The number of phenols is 1. The first kappa shape index (κ1) is 12.1. The molecule has 1 saturated heterocycles. The molecule has 17 heavy (non-hydrogen) atoms. The molecule has 1 fully saturated rings. The fraction of sp³-hybridized carbons (Fsp3) is 0.300. The number of nitrogens with one attached hydrogen (secondary N) is 1. The molecule has 2 rings (SSSR count). The summed E-state index contributed by atoms with van der Waals surface area (Å²) >= 11 is 3.03. The molecule has 1 aliphatic rings. The number of halogens is 3. The van der Waals surface area contributed by atoms with Crippen LogP contribution < -0.4 is 5.32 Å². The van der Waals surface area contributed by atoms with Crippen molar-refractivity contribution in [3.63, 3.8) is 0 Å². The summed E-state index contributed by atoms with van der Waals surface area (Å²) in [5, 5.41) is 11.3. The molecular formula is C10H8BrF2NO3. The van der Waals surface area contributed by atoms with Crippen LogP contribution in [0.5, 0.6) is 5.75 Å². The van der Waals surface area contributed by atoms with Crippen LogP contribution in [0.3, 0.4) is 0 Å². The summed E-state index contributed by atoms with van der Waals surface area (Å²) in [5.74, 6) is -3.25. The van der Waals surface area contributed by atoms with Gasteiger partial charge in [0.25, 0.3) is 0 Å². The van der Waals surface area contributed by atoms with E-state index in [1.54, 1.807) is 0 Å². The number of carbonyl (C=O) groups is 1. The number of phenolic OH excluding ortho intramolecular Hbond substituents is 1. The average Bonchev–Trinajstić information content (AvgIpc) is 2.26. The minimum Gasteiger partial charge on any atom is -0.507 e. The lowest BCUT2D eigenvalue weighted by Gasteiger charge is -2.31. The number of ether oxygens (including phenoxy) is 1. The van der Waals surface area contributed by atoms with E-state index in [0.717, 1.165) is 0 Å². The molecule has 4 nitrogen and oxygen atoms in total. The maximum Gasteiger partial charge on any atom is 0.408 e. The number of hydrogen-bond donors (Lipinski definition) is 2. The van der Waals surface area contributed by atoms with Crippen molar-refractivity contribution in [1.82, 2.24) is 5.32 Å². The molecule has 1 amide bonds. The molecule has 1 atom stereocenters. The van der Waals surface area contributed by atoms with Crippen molar-refractivity contribution in [2.24, 2.45) is 0 Å².